The summed E-state index contributed by atoms with van der Waals surface area (Å²) in [6, 6.07) is 13.1. The Labute approximate surface area is 157 Å². The number of alkyl halides is 2. The minimum Gasteiger partial charge on any atom is -0.435 e. The number of ether oxygens (including phenoxy) is 1. The van der Waals surface area contributed by atoms with Crippen molar-refractivity contribution in [3.05, 3.63) is 65.2 Å². The van der Waals surface area contributed by atoms with Gasteiger partial charge in [-0.3, -0.25) is 4.79 Å². The van der Waals surface area contributed by atoms with Gasteiger partial charge in [0.05, 0.1) is 6.04 Å². The van der Waals surface area contributed by atoms with Gasteiger partial charge < -0.3 is 15.8 Å². The number of hydrogen-bond acceptors (Lipinski definition) is 3. The van der Waals surface area contributed by atoms with E-state index in [0.717, 1.165) is 36.0 Å². The van der Waals surface area contributed by atoms with E-state index >= 15 is 0 Å². The zero-order valence-corrected chi connectivity index (χ0v) is 14.8. The Hall–Kier alpha value is -2.18. The Morgan fingerprint density at radius 1 is 1.19 bits per heavy atom. The molecule has 0 saturated carbocycles. The Morgan fingerprint density at radius 2 is 1.92 bits per heavy atom. The van der Waals surface area contributed by atoms with Crippen molar-refractivity contribution in [2.24, 2.45) is 5.73 Å². The topological polar surface area (TPSA) is 64.4 Å². The number of carbonyl (C=O) groups excluding carboxylic acids is 1. The average Bonchev–Trinajstić information content (AvgIpc) is 2.61. The van der Waals surface area contributed by atoms with Crippen molar-refractivity contribution in [2.75, 3.05) is 0 Å². The largest absolute Gasteiger partial charge is 0.435 e. The van der Waals surface area contributed by atoms with Gasteiger partial charge in [0.15, 0.2) is 0 Å². The molecule has 2 atom stereocenters. The summed E-state index contributed by atoms with van der Waals surface area (Å²) in [7, 11) is 0. The maximum Gasteiger partial charge on any atom is 0.387 e. The minimum atomic E-state index is -2.85. The second kappa shape index (κ2) is 8.96. The molecule has 3 rings (SSSR count). The highest BCUT2D eigenvalue weighted by atomic mass is 35.5. The van der Waals surface area contributed by atoms with Crippen LogP contribution in [0.4, 0.5) is 8.78 Å². The summed E-state index contributed by atoms with van der Waals surface area (Å²) in [4.78, 5) is 12.5. The van der Waals surface area contributed by atoms with Gasteiger partial charge in [-0.05, 0) is 48.1 Å². The molecule has 0 aromatic heterocycles. The third-order valence-electron chi connectivity index (χ3n) is 4.41. The van der Waals surface area contributed by atoms with E-state index < -0.39 is 12.7 Å². The van der Waals surface area contributed by atoms with Gasteiger partial charge in [-0.15, -0.1) is 12.4 Å². The molecular weight excluding hydrogens is 362 g/mol. The first-order chi connectivity index (χ1) is 12.0. The normalized spacial score (nSPS) is 17.0. The summed E-state index contributed by atoms with van der Waals surface area (Å²) in [6.07, 6.45) is 2.42. The van der Waals surface area contributed by atoms with E-state index in [1.165, 1.54) is 6.07 Å². The number of hydrogen-bond donors (Lipinski definition) is 2. The van der Waals surface area contributed by atoms with E-state index in [1.54, 1.807) is 12.1 Å². The first-order valence-electron chi connectivity index (χ1n) is 8.23. The first-order valence-corrected chi connectivity index (χ1v) is 8.23. The molecule has 0 radical (unpaired) electrons. The summed E-state index contributed by atoms with van der Waals surface area (Å²) in [5.41, 5.74) is 8.64. The molecule has 1 amide bonds. The van der Waals surface area contributed by atoms with E-state index in [9.17, 15) is 13.6 Å². The van der Waals surface area contributed by atoms with Crippen LogP contribution >= 0.6 is 12.4 Å². The molecule has 4 nitrogen and oxygen atoms in total. The van der Waals surface area contributed by atoms with Crippen LogP contribution in [0.3, 0.4) is 0 Å². The van der Waals surface area contributed by atoms with Crippen LogP contribution in [-0.2, 0) is 11.2 Å². The van der Waals surface area contributed by atoms with Gasteiger partial charge in [0.1, 0.15) is 11.8 Å². The highest BCUT2D eigenvalue weighted by molar-refractivity contribution is 5.85. The summed E-state index contributed by atoms with van der Waals surface area (Å²) in [6.45, 7) is -2.85. The Balaban J connectivity index is 0.00000243. The number of rotatable bonds is 5. The minimum absolute atomic E-state index is 0. The van der Waals surface area contributed by atoms with Crippen molar-refractivity contribution in [3.63, 3.8) is 0 Å². The average molecular weight is 383 g/mol. The fourth-order valence-electron chi connectivity index (χ4n) is 3.19. The van der Waals surface area contributed by atoms with Crippen molar-refractivity contribution in [2.45, 2.75) is 38.0 Å². The zero-order chi connectivity index (χ0) is 17.8. The molecule has 1 aliphatic carbocycles. The molecule has 0 heterocycles. The lowest BCUT2D eigenvalue weighted by Gasteiger charge is -2.28. The molecule has 0 aliphatic heterocycles. The monoisotopic (exact) mass is 382 g/mol. The number of benzene rings is 2. The summed E-state index contributed by atoms with van der Waals surface area (Å²) in [5.74, 6) is -0.112. The zero-order valence-electron chi connectivity index (χ0n) is 14.0. The van der Waals surface area contributed by atoms with Crippen molar-refractivity contribution in [1.82, 2.24) is 5.32 Å². The summed E-state index contributed by atoms with van der Waals surface area (Å²) < 4.78 is 29.2. The third kappa shape index (κ3) is 4.71. The molecule has 0 bridgehead atoms. The van der Waals surface area contributed by atoms with Crippen LogP contribution in [0.25, 0.3) is 0 Å². The number of nitrogens with one attached hydrogen (secondary N) is 1. The number of fused-ring (bicyclic) bond motifs is 1. The number of nitrogens with two attached hydrogens (primary N) is 1. The van der Waals surface area contributed by atoms with Crippen molar-refractivity contribution in [1.29, 1.82) is 0 Å². The predicted molar refractivity (Wildman–Crippen MR) is 97.5 cm³/mol. The van der Waals surface area contributed by atoms with Crippen LogP contribution in [0.5, 0.6) is 5.75 Å². The summed E-state index contributed by atoms with van der Waals surface area (Å²) in [5, 5.41) is 2.98. The standard InChI is InChI=1S/C19H20F2N2O2.ClH/c20-19(21)25-14-9-10-15-13(11-14)7-4-8-16(15)23-18(24)17(22)12-5-2-1-3-6-12;/h1-3,5-6,9-11,16-17,19H,4,7-8,22H2,(H,23,24);1H. The molecular formula is C19H21ClF2N2O2. The Kier molecular flexibility index (Phi) is 6.94. The van der Waals surface area contributed by atoms with Crippen molar-refractivity contribution >= 4 is 18.3 Å². The number of carbonyl (C=O) groups is 1. The van der Waals surface area contributed by atoms with E-state index in [1.807, 2.05) is 30.3 Å². The highest BCUT2D eigenvalue weighted by Gasteiger charge is 2.25. The van der Waals surface area contributed by atoms with Crippen molar-refractivity contribution < 1.29 is 18.3 Å². The molecule has 0 fully saturated rings. The fourth-order valence-corrected chi connectivity index (χ4v) is 3.19. The maximum atomic E-state index is 12.5. The quantitative estimate of drug-likeness (QED) is 0.824. The maximum absolute atomic E-state index is 12.5. The second-order valence-electron chi connectivity index (χ2n) is 6.08. The molecule has 140 valence electrons. The Morgan fingerprint density at radius 3 is 2.62 bits per heavy atom. The highest BCUT2D eigenvalue weighted by Crippen LogP contribution is 2.33. The van der Waals surface area contributed by atoms with Gasteiger partial charge in [-0.25, -0.2) is 0 Å². The van der Waals surface area contributed by atoms with Crippen molar-refractivity contribution in [3.8, 4) is 5.75 Å². The Bertz CT molecular complexity index is 744. The van der Waals surface area contributed by atoms with E-state index in [4.69, 9.17) is 5.73 Å². The second-order valence-corrected chi connectivity index (χ2v) is 6.08. The number of amides is 1. The van der Waals surface area contributed by atoms with E-state index in [0.29, 0.717) is 0 Å². The van der Waals surface area contributed by atoms with Crippen LogP contribution in [0, 0.1) is 0 Å². The van der Waals surface area contributed by atoms with E-state index in [2.05, 4.69) is 10.1 Å². The van der Waals surface area contributed by atoms with Crippen LogP contribution in [0.15, 0.2) is 48.5 Å². The predicted octanol–water partition coefficient (Wildman–Crippen LogP) is 3.90. The van der Waals surface area contributed by atoms with Crippen LogP contribution in [-0.4, -0.2) is 12.5 Å². The molecule has 0 saturated heterocycles. The lowest BCUT2D eigenvalue weighted by molar-refractivity contribution is -0.123. The first kappa shape index (κ1) is 20.1. The van der Waals surface area contributed by atoms with Crippen LogP contribution in [0.2, 0.25) is 0 Å². The molecule has 26 heavy (non-hydrogen) atoms. The molecule has 0 spiro atoms. The van der Waals surface area contributed by atoms with Gasteiger partial charge in [-0.1, -0.05) is 36.4 Å². The molecule has 2 unspecified atom stereocenters. The molecule has 7 heteroatoms. The van der Waals surface area contributed by atoms with Gasteiger partial charge in [0, 0.05) is 0 Å². The SMILES string of the molecule is Cl.NC(C(=O)NC1CCCc2cc(OC(F)F)ccc21)c1ccccc1. The van der Waals surface area contributed by atoms with Gasteiger partial charge >= 0.3 is 6.61 Å². The van der Waals surface area contributed by atoms with Crippen LogP contribution in [0.1, 0.15) is 41.6 Å². The third-order valence-corrected chi connectivity index (χ3v) is 4.41. The fraction of sp³-hybridized carbons (Fsp3) is 0.316. The van der Waals surface area contributed by atoms with Crippen LogP contribution < -0.4 is 15.8 Å². The molecule has 2 aromatic carbocycles. The molecule has 3 N–H and O–H groups in total. The smallest absolute Gasteiger partial charge is 0.387 e. The number of halogens is 3. The lowest BCUT2D eigenvalue weighted by Crippen LogP contribution is -2.37. The van der Waals surface area contributed by atoms with E-state index in [-0.39, 0.29) is 30.1 Å². The van der Waals surface area contributed by atoms with Gasteiger partial charge in [0.2, 0.25) is 5.91 Å². The van der Waals surface area contributed by atoms with Gasteiger partial charge in [0.25, 0.3) is 0 Å². The summed E-state index contributed by atoms with van der Waals surface area (Å²) >= 11 is 0. The number of aryl methyl sites for hydroxylation is 1. The molecule has 1 aliphatic rings. The van der Waals surface area contributed by atoms with Gasteiger partial charge in [-0.2, -0.15) is 8.78 Å². The molecule has 2 aromatic rings. The lowest BCUT2D eigenvalue weighted by atomic mass is 9.87.